The van der Waals surface area contributed by atoms with Crippen LogP contribution in [0.3, 0.4) is 0 Å². The van der Waals surface area contributed by atoms with Gasteiger partial charge in [-0.3, -0.25) is 4.79 Å². The quantitative estimate of drug-likeness (QED) is 0.517. The standard InChI is InChI=1S/C23H28N2O4S/c1-2-3-4-7-20(26)16-9-11-18(12-10-16)25-17(13-14-22(25)27)6-5-8-21-24-19(15-30-21)23(28)29/h5,8-12,15,17,20,26H,2-4,6-7,13-14H2,1H3,(H,28,29)/b8-5+/t17-,20?/m0/s1. The Morgan fingerprint density at radius 1 is 1.33 bits per heavy atom. The summed E-state index contributed by atoms with van der Waals surface area (Å²) in [5, 5.41) is 21.5. The Balaban J connectivity index is 1.62. The van der Waals surface area contributed by atoms with E-state index in [0.717, 1.165) is 43.4 Å². The van der Waals surface area contributed by atoms with Gasteiger partial charge in [0, 0.05) is 23.5 Å². The molecule has 1 aliphatic heterocycles. The largest absolute Gasteiger partial charge is 0.476 e. The summed E-state index contributed by atoms with van der Waals surface area (Å²) in [6.45, 7) is 2.14. The van der Waals surface area contributed by atoms with Gasteiger partial charge in [-0.25, -0.2) is 9.78 Å². The first-order valence-electron chi connectivity index (χ1n) is 10.4. The Labute approximate surface area is 180 Å². The molecule has 2 aromatic rings. The molecule has 0 saturated carbocycles. The first kappa shape index (κ1) is 22.2. The number of amides is 1. The highest BCUT2D eigenvalue weighted by Crippen LogP contribution is 2.30. The number of nitrogens with zero attached hydrogens (tertiary/aromatic N) is 2. The summed E-state index contributed by atoms with van der Waals surface area (Å²) in [5.41, 5.74) is 1.79. The highest BCUT2D eigenvalue weighted by molar-refractivity contribution is 7.10. The number of rotatable bonds is 10. The molecule has 2 heterocycles. The van der Waals surface area contributed by atoms with Crippen LogP contribution in [0.25, 0.3) is 6.08 Å². The number of carbonyl (C=O) groups is 2. The summed E-state index contributed by atoms with van der Waals surface area (Å²) in [7, 11) is 0. The van der Waals surface area contributed by atoms with Crippen LogP contribution in [-0.4, -0.2) is 33.1 Å². The van der Waals surface area contributed by atoms with Gasteiger partial charge in [-0.15, -0.1) is 11.3 Å². The van der Waals surface area contributed by atoms with Crippen LogP contribution in [0.15, 0.2) is 35.7 Å². The van der Waals surface area contributed by atoms with E-state index in [9.17, 15) is 14.7 Å². The monoisotopic (exact) mass is 428 g/mol. The number of aliphatic hydroxyl groups is 1. The highest BCUT2D eigenvalue weighted by Gasteiger charge is 2.31. The number of hydrogen-bond acceptors (Lipinski definition) is 5. The molecule has 30 heavy (non-hydrogen) atoms. The molecule has 1 amide bonds. The fourth-order valence-electron chi connectivity index (χ4n) is 3.72. The van der Waals surface area contributed by atoms with E-state index in [1.807, 2.05) is 41.3 Å². The molecule has 2 N–H and O–H groups in total. The van der Waals surface area contributed by atoms with Crippen LogP contribution in [0.5, 0.6) is 0 Å². The molecule has 2 atom stereocenters. The third-order valence-corrected chi connectivity index (χ3v) is 6.18. The lowest BCUT2D eigenvalue weighted by Crippen LogP contribution is -2.32. The van der Waals surface area contributed by atoms with E-state index >= 15 is 0 Å². The maximum absolute atomic E-state index is 12.5. The summed E-state index contributed by atoms with van der Waals surface area (Å²) in [4.78, 5) is 29.3. The van der Waals surface area contributed by atoms with Crippen molar-refractivity contribution in [1.29, 1.82) is 0 Å². The molecule has 1 saturated heterocycles. The van der Waals surface area contributed by atoms with Crippen molar-refractivity contribution in [2.24, 2.45) is 0 Å². The molecular weight excluding hydrogens is 400 g/mol. The second kappa shape index (κ2) is 10.5. The summed E-state index contributed by atoms with van der Waals surface area (Å²) in [6.07, 6.45) is 9.27. The van der Waals surface area contributed by atoms with Crippen LogP contribution in [0.1, 0.15) is 79.0 Å². The minimum Gasteiger partial charge on any atom is -0.476 e. The maximum atomic E-state index is 12.5. The van der Waals surface area contributed by atoms with Crippen LogP contribution < -0.4 is 4.90 Å². The summed E-state index contributed by atoms with van der Waals surface area (Å²) >= 11 is 1.29. The van der Waals surface area contributed by atoms with Crippen molar-refractivity contribution in [2.45, 2.75) is 64.0 Å². The normalized spacial score (nSPS) is 17.7. The molecule has 3 rings (SSSR count). The van der Waals surface area contributed by atoms with Crippen LogP contribution in [0, 0.1) is 0 Å². The van der Waals surface area contributed by atoms with Crippen molar-refractivity contribution in [3.8, 4) is 0 Å². The number of aliphatic hydroxyl groups excluding tert-OH is 1. The summed E-state index contributed by atoms with van der Waals surface area (Å²) in [6, 6.07) is 7.71. The lowest BCUT2D eigenvalue weighted by Gasteiger charge is -2.24. The Morgan fingerprint density at radius 3 is 2.77 bits per heavy atom. The van der Waals surface area contributed by atoms with Gasteiger partial charge in [-0.2, -0.15) is 0 Å². The topological polar surface area (TPSA) is 90.7 Å². The second-order valence-corrected chi connectivity index (χ2v) is 8.46. The van der Waals surface area contributed by atoms with Gasteiger partial charge in [-0.1, -0.05) is 44.4 Å². The van der Waals surface area contributed by atoms with E-state index in [1.165, 1.54) is 16.7 Å². The Morgan fingerprint density at radius 2 is 2.10 bits per heavy atom. The van der Waals surface area contributed by atoms with Crippen molar-refractivity contribution in [1.82, 2.24) is 4.98 Å². The molecule has 0 radical (unpaired) electrons. The van der Waals surface area contributed by atoms with Gasteiger partial charge in [0.1, 0.15) is 5.01 Å². The second-order valence-electron chi connectivity index (χ2n) is 7.57. The van der Waals surface area contributed by atoms with Crippen LogP contribution in [-0.2, 0) is 4.79 Å². The molecule has 6 nitrogen and oxygen atoms in total. The van der Waals surface area contributed by atoms with Crippen molar-refractivity contribution in [2.75, 3.05) is 4.90 Å². The number of hydrogen-bond donors (Lipinski definition) is 2. The molecule has 0 aliphatic carbocycles. The molecule has 7 heteroatoms. The number of aromatic carboxylic acids is 1. The smallest absolute Gasteiger partial charge is 0.355 e. The molecule has 1 unspecified atom stereocenters. The average molecular weight is 429 g/mol. The van der Waals surface area contributed by atoms with Gasteiger partial charge in [0.15, 0.2) is 5.69 Å². The molecule has 160 valence electrons. The number of thiazole rings is 1. The number of benzene rings is 1. The molecule has 1 aromatic carbocycles. The molecule has 0 bridgehead atoms. The minimum absolute atomic E-state index is 0.0503. The fourth-order valence-corrected chi connectivity index (χ4v) is 4.43. The maximum Gasteiger partial charge on any atom is 0.355 e. The Kier molecular flexibility index (Phi) is 7.76. The first-order valence-corrected chi connectivity index (χ1v) is 11.3. The molecule has 1 fully saturated rings. The lowest BCUT2D eigenvalue weighted by atomic mass is 10.0. The summed E-state index contributed by atoms with van der Waals surface area (Å²) in [5.74, 6) is -0.926. The fraction of sp³-hybridized carbons (Fsp3) is 0.435. The van der Waals surface area contributed by atoms with Crippen LogP contribution in [0.4, 0.5) is 5.69 Å². The Hall–Kier alpha value is -2.51. The average Bonchev–Trinajstić information content (AvgIpc) is 3.35. The lowest BCUT2D eigenvalue weighted by molar-refractivity contribution is -0.117. The van der Waals surface area contributed by atoms with Gasteiger partial charge in [0.25, 0.3) is 0 Å². The van der Waals surface area contributed by atoms with Gasteiger partial charge in [0.05, 0.1) is 6.10 Å². The van der Waals surface area contributed by atoms with Gasteiger partial charge in [-0.05, 0) is 43.0 Å². The van der Waals surface area contributed by atoms with E-state index < -0.39 is 12.1 Å². The van der Waals surface area contributed by atoms with Crippen LogP contribution in [0.2, 0.25) is 0 Å². The predicted octanol–water partition coefficient (Wildman–Crippen LogP) is 5.05. The molecular formula is C23H28N2O4S. The number of aromatic nitrogens is 1. The number of carboxylic acids is 1. The van der Waals surface area contributed by atoms with Crippen molar-refractivity contribution < 1.29 is 19.8 Å². The first-order chi connectivity index (χ1) is 14.5. The van der Waals surface area contributed by atoms with Gasteiger partial charge in [0.2, 0.25) is 5.91 Å². The van der Waals surface area contributed by atoms with E-state index in [-0.39, 0.29) is 17.6 Å². The number of carbonyl (C=O) groups excluding carboxylic acids is 1. The zero-order valence-electron chi connectivity index (χ0n) is 17.2. The van der Waals surface area contributed by atoms with E-state index in [4.69, 9.17) is 5.11 Å². The minimum atomic E-state index is -1.03. The highest BCUT2D eigenvalue weighted by atomic mass is 32.1. The van der Waals surface area contributed by atoms with Gasteiger partial charge >= 0.3 is 5.97 Å². The van der Waals surface area contributed by atoms with E-state index in [0.29, 0.717) is 17.8 Å². The molecule has 1 aromatic heterocycles. The van der Waals surface area contributed by atoms with Crippen molar-refractivity contribution in [3.63, 3.8) is 0 Å². The zero-order valence-corrected chi connectivity index (χ0v) is 18.0. The number of anilines is 1. The Bertz CT molecular complexity index is 891. The third kappa shape index (κ3) is 5.55. The molecule has 1 aliphatic rings. The number of carboxylic acid groups (broad SMARTS) is 1. The van der Waals surface area contributed by atoms with E-state index in [2.05, 4.69) is 11.9 Å². The van der Waals surface area contributed by atoms with Gasteiger partial charge < -0.3 is 15.1 Å². The number of unbranched alkanes of at least 4 members (excludes halogenated alkanes) is 2. The van der Waals surface area contributed by atoms with Crippen molar-refractivity contribution >= 4 is 35.0 Å². The molecule has 0 spiro atoms. The van der Waals surface area contributed by atoms with Crippen molar-refractivity contribution in [3.05, 3.63) is 52.0 Å². The zero-order chi connectivity index (χ0) is 21.5. The predicted molar refractivity (Wildman–Crippen MR) is 119 cm³/mol. The summed E-state index contributed by atoms with van der Waals surface area (Å²) < 4.78 is 0. The third-order valence-electron chi connectivity index (χ3n) is 5.37. The van der Waals surface area contributed by atoms with E-state index in [1.54, 1.807) is 0 Å². The van der Waals surface area contributed by atoms with Crippen LogP contribution >= 0.6 is 11.3 Å². The SMILES string of the molecule is CCCCCC(O)c1ccc(N2C(=O)CC[C@@H]2C/C=C/c2nc(C(=O)O)cs2)cc1.